The summed E-state index contributed by atoms with van der Waals surface area (Å²) < 4.78 is 0. The van der Waals surface area contributed by atoms with E-state index in [4.69, 9.17) is 5.11 Å². The number of aliphatic carboxylic acids is 1. The summed E-state index contributed by atoms with van der Waals surface area (Å²) in [6.07, 6.45) is -2.73. The van der Waals surface area contributed by atoms with Gasteiger partial charge in [0.2, 0.25) is 0 Å². The van der Waals surface area contributed by atoms with Crippen LogP contribution in [0.25, 0.3) is 11.0 Å². The molecule has 2 heterocycles. The van der Waals surface area contributed by atoms with Gasteiger partial charge in [-0.25, -0.2) is 9.78 Å². The van der Waals surface area contributed by atoms with Crippen LogP contribution in [0.4, 0.5) is 0 Å². The number of hydrogen-bond donors (Lipinski definition) is 5. The van der Waals surface area contributed by atoms with Gasteiger partial charge in [-0.3, -0.25) is 9.89 Å². The lowest BCUT2D eigenvalue weighted by atomic mass is 10.1. The zero-order chi connectivity index (χ0) is 12.6. The molecule has 0 bridgehead atoms. The molecular formula is C8H8N4O5. The van der Waals surface area contributed by atoms with Gasteiger partial charge in [-0.1, -0.05) is 0 Å². The van der Waals surface area contributed by atoms with Gasteiger partial charge in [0.1, 0.15) is 11.5 Å². The van der Waals surface area contributed by atoms with E-state index in [1.165, 1.54) is 0 Å². The number of aliphatic hydroxyl groups is 2. The first-order chi connectivity index (χ1) is 8.02. The van der Waals surface area contributed by atoms with Crippen molar-refractivity contribution in [3.63, 3.8) is 0 Å². The van der Waals surface area contributed by atoms with Crippen LogP contribution in [0, 0.1) is 0 Å². The fraction of sp³-hybridized carbons (Fsp3) is 0.250. The number of carboxylic acids is 1. The van der Waals surface area contributed by atoms with Crippen molar-refractivity contribution in [2.75, 3.05) is 0 Å². The zero-order valence-corrected chi connectivity index (χ0v) is 8.28. The molecular weight excluding hydrogens is 232 g/mol. The smallest absolute Gasteiger partial charge is 0.335 e. The lowest BCUT2D eigenvalue weighted by molar-refractivity contribution is -0.153. The second-order valence-corrected chi connectivity index (χ2v) is 3.30. The topological polar surface area (TPSA) is 152 Å². The minimum absolute atomic E-state index is 0.0281. The quantitative estimate of drug-likeness (QED) is 0.421. The van der Waals surface area contributed by atoms with E-state index in [1.54, 1.807) is 0 Å². The number of aromatic nitrogens is 4. The Kier molecular flexibility index (Phi) is 2.61. The SMILES string of the molecule is O=C(O)C(O)C(O)c1[nH]nc2nc[nH]c(=O)c12. The molecule has 0 aliphatic heterocycles. The van der Waals surface area contributed by atoms with E-state index in [1.807, 2.05) is 0 Å². The molecule has 2 aromatic rings. The van der Waals surface area contributed by atoms with E-state index < -0.39 is 23.7 Å². The molecule has 2 aromatic heterocycles. The summed E-state index contributed by atoms with van der Waals surface area (Å²) in [5.74, 6) is -1.61. The minimum atomic E-state index is -2.06. The predicted molar refractivity (Wildman–Crippen MR) is 53.1 cm³/mol. The number of carbonyl (C=O) groups is 1. The van der Waals surface area contributed by atoms with Gasteiger partial charge >= 0.3 is 5.97 Å². The van der Waals surface area contributed by atoms with Crippen molar-refractivity contribution in [3.05, 3.63) is 22.4 Å². The number of H-pyrrole nitrogens is 2. The van der Waals surface area contributed by atoms with Gasteiger partial charge in [-0.15, -0.1) is 0 Å². The molecule has 0 aliphatic carbocycles. The summed E-state index contributed by atoms with van der Waals surface area (Å²) in [4.78, 5) is 27.9. The van der Waals surface area contributed by atoms with E-state index >= 15 is 0 Å². The van der Waals surface area contributed by atoms with Crippen molar-refractivity contribution in [2.45, 2.75) is 12.2 Å². The molecule has 0 radical (unpaired) electrons. The zero-order valence-electron chi connectivity index (χ0n) is 8.28. The predicted octanol–water partition coefficient (Wildman–Crippen LogP) is -1.87. The van der Waals surface area contributed by atoms with Crippen LogP contribution in [-0.4, -0.2) is 47.6 Å². The molecule has 0 aliphatic rings. The number of aliphatic hydroxyl groups excluding tert-OH is 2. The lowest BCUT2D eigenvalue weighted by Crippen LogP contribution is -2.28. The molecule has 0 saturated carbocycles. The van der Waals surface area contributed by atoms with Crippen LogP contribution in [0.5, 0.6) is 0 Å². The Morgan fingerprint density at radius 3 is 2.76 bits per heavy atom. The van der Waals surface area contributed by atoms with Crippen molar-refractivity contribution in [3.8, 4) is 0 Å². The van der Waals surface area contributed by atoms with Crippen molar-refractivity contribution in [1.82, 2.24) is 20.2 Å². The Labute approximate surface area is 92.8 Å². The molecule has 9 nitrogen and oxygen atoms in total. The molecule has 2 unspecified atom stereocenters. The maximum absolute atomic E-state index is 11.5. The Balaban J connectivity index is 2.57. The Hall–Kier alpha value is -2.26. The van der Waals surface area contributed by atoms with Crippen LogP contribution >= 0.6 is 0 Å². The van der Waals surface area contributed by atoms with Gasteiger partial charge in [0.05, 0.1) is 12.0 Å². The molecule has 2 rings (SSSR count). The first kappa shape index (κ1) is 11.2. The van der Waals surface area contributed by atoms with Gasteiger partial charge in [-0.2, -0.15) is 5.10 Å². The fourth-order valence-corrected chi connectivity index (χ4v) is 1.39. The summed E-state index contributed by atoms with van der Waals surface area (Å²) in [6, 6.07) is 0. The number of nitrogens with one attached hydrogen (secondary N) is 2. The highest BCUT2D eigenvalue weighted by molar-refractivity contribution is 5.79. The van der Waals surface area contributed by atoms with E-state index in [0.29, 0.717) is 0 Å². The first-order valence-corrected chi connectivity index (χ1v) is 4.53. The highest BCUT2D eigenvalue weighted by Crippen LogP contribution is 2.19. The summed E-state index contributed by atoms with van der Waals surface area (Å²) in [5.41, 5.74) is -0.750. The third-order valence-electron chi connectivity index (χ3n) is 2.23. The van der Waals surface area contributed by atoms with Crippen molar-refractivity contribution >= 4 is 17.0 Å². The van der Waals surface area contributed by atoms with Gasteiger partial charge in [0, 0.05) is 0 Å². The van der Waals surface area contributed by atoms with Gasteiger partial charge in [0.15, 0.2) is 11.8 Å². The van der Waals surface area contributed by atoms with Crippen LogP contribution in [0.1, 0.15) is 11.8 Å². The number of fused-ring (bicyclic) bond motifs is 1. The minimum Gasteiger partial charge on any atom is -0.479 e. The maximum atomic E-state index is 11.5. The average Bonchev–Trinajstić information content (AvgIpc) is 2.72. The molecule has 0 spiro atoms. The maximum Gasteiger partial charge on any atom is 0.335 e. The molecule has 0 amide bonds. The Bertz CT molecular complexity index is 618. The van der Waals surface area contributed by atoms with Crippen molar-refractivity contribution in [2.24, 2.45) is 0 Å². The summed E-state index contributed by atoms with van der Waals surface area (Å²) >= 11 is 0. The second kappa shape index (κ2) is 3.96. The molecule has 90 valence electrons. The average molecular weight is 240 g/mol. The van der Waals surface area contributed by atoms with Gasteiger partial charge in [0.25, 0.3) is 5.56 Å². The molecule has 0 fully saturated rings. The Morgan fingerprint density at radius 2 is 2.12 bits per heavy atom. The Morgan fingerprint density at radius 1 is 1.41 bits per heavy atom. The number of rotatable bonds is 3. The standard InChI is InChI=1S/C8H8N4O5/c13-4(5(14)8(16)17)3-2-6(12-11-3)9-1-10-7(2)15/h1,4-5,13-14H,(H,16,17)(H2,9,10,11,12,15). The normalized spacial score (nSPS) is 14.7. The van der Waals surface area contributed by atoms with E-state index in [9.17, 15) is 19.8 Å². The summed E-state index contributed by atoms with van der Waals surface area (Å²) in [7, 11) is 0. The van der Waals surface area contributed by atoms with Crippen LogP contribution in [0.2, 0.25) is 0 Å². The number of hydrogen-bond acceptors (Lipinski definition) is 6. The summed E-state index contributed by atoms with van der Waals surface area (Å²) in [6.45, 7) is 0. The van der Waals surface area contributed by atoms with E-state index in [2.05, 4.69) is 20.2 Å². The van der Waals surface area contributed by atoms with Crippen molar-refractivity contribution < 1.29 is 20.1 Å². The third kappa shape index (κ3) is 1.77. The third-order valence-corrected chi connectivity index (χ3v) is 2.23. The first-order valence-electron chi connectivity index (χ1n) is 4.53. The second-order valence-electron chi connectivity index (χ2n) is 3.30. The van der Waals surface area contributed by atoms with E-state index in [-0.39, 0.29) is 16.7 Å². The molecule has 0 aromatic carbocycles. The van der Waals surface area contributed by atoms with Crippen molar-refractivity contribution in [1.29, 1.82) is 0 Å². The van der Waals surface area contributed by atoms with Gasteiger partial charge < -0.3 is 20.3 Å². The lowest BCUT2D eigenvalue weighted by Gasteiger charge is -2.11. The van der Waals surface area contributed by atoms with Crippen LogP contribution < -0.4 is 5.56 Å². The largest absolute Gasteiger partial charge is 0.479 e. The van der Waals surface area contributed by atoms with Gasteiger partial charge in [-0.05, 0) is 0 Å². The number of nitrogens with zero attached hydrogens (tertiary/aromatic N) is 2. The van der Waals surface area contributed by atoms with Crippen LogP contribution in [0.15, 0.2) is 11.1 Å². The number of carboxylic acid groups (broad SMARTS) is 1. The molecule has 0 saturated heterocycles. The van der Waals surface area contributed by atoms with Crippen LogP contribution in [0.3, 0.4) is 0 Å². The molecule has 9 heteroatoms. The monoisotopic (exact) mass is 240 g/mol. The van der Waals surface area contributed by atoms with E-state index in [0.717, 1.165) is 6.33 Å². The van der Waals surface area contributed by atoms with Crippen LogP contribution in [-0.2, 0) is 4.79 Å². The highest BCUT2D eigenvalue weighted by Gasteiger charge is 2.29. The fourth-order valence-electron chi connectivity index (χ4n) is 1.39. The summed E-state index contributed by atoms with van der Waals surface area (Å²) in [5, 5.41) is 33.1. The highest BCUT2D eigenvalue weighted by atomic mass is 16.4. The molecule has 17 heavy (non-hydrogen) atoms. The number of aromatic amines is 2. The molecule has 2 atom stereocenters. The molecule has 5 N–H and O–H groups in total.